The van der Waals surface area contributed by atoms with Crippen molar-refractivity contribution in [2.75, 3.05) is 6.61 Å². The predicted molar refractivity (Wildman–Crippen MR) is 52.6 cm³/mol. The van der Waals surface area contributed by atoms with E-state index in [1.165, 1.54) is 30.3 Å². The van der Waals surface area contributed by atoms with Gasteiger partial charge in [-0.25, -0.2) is 9.18 Å². The molecule has 1 aromatic carbocycles. The first-order valence-electron chi connectivity index (χ1n) is 4.95. The molecule has 1 unspecified atom stereocenters. The second-order valence-electron chi connectivity index (χ2n) is 3.61. The number of hydrogen-bond donors (Lipinski definition) is 0. The largest absolute Gasteiger partial charge is 0.456 e. The molecule has 0 amide bonds. The summed E-state index contributed by atoms with van der Waals surface area (Å²) in [5, 5.41) is 0. The molecule has 0 aliphatic heterocycles. The number of carbonyl (C=O) groups is 1. The number of ether oxygens (including phenoxy) is 1. The molecule has 19 heavy (non-hydrogen) atoms. The van der Waals surface area contributed by atoms with Crippen LogP contribution in [-0.4, -0.2) is 30.8 Å². The van der Waals surface area contributed by atoms with Crippen LogP contribution in [0.25, 0.3) is 0 Å². The molecule has 1 atom stereocenters. The number of rotatable bonds is 4. The third-order valence-electron chi connectivity index (χ3n) is 2.06. The molecule has 0 aliphatic carbocycles. The van der Waals surface area contributed by atoms with Crippen LogP contribution >= 0.6 is 0 Å². The Morgan fingerprint density at radius 2 is 1.63 bits per heavy atom. The molecule has 0 bridgehead atoms. The van der Waals surface area contributed by atoms with E-state index in [0.29, 0.717) is 0 Å². The van der Waals surface area contributed by atoms with Crippen molar-refractivity contribution in [2.45, 2.75) is 18.3 Å². The highest BCUT2D eigenvalue weighted by Crippen LogP contribution is 2.35. The molecule has 0 radical (unpaired) electrons. The van der Waals surface area contributed by atoms with Gasteiger partial charge in [0.05, 0.1) is 5.56 Å². The van der Waals surface area contributed by atoms with Gasteiger partial charge in [0.1, 0.15) is 0 Å². The summed E-state index contributed by atoms with van der Waals surface area (Å²) in [6.07, 6.45) is -10.1. The van der Waals surface area contributed by atoms with Crippen molar-refractivity contribution in [3.63, 3.8) is 0 Å². The zero-order valence-corrected chi connectivity index (χ0v) is 9.26. The van der Waals surface area contributed by atoms with Crippen LogP contribution in [0.15, 0.2) is 30.3 Å². The molecule has 0 spiro atoms. The van der Waals surface area contributed by atoms with Gasteiger partial charge in [-0.1, -0.05) is 18.2 Å². The summed E-state index contributed by atoms with van der Waals surface area (Å²) in [5.41, 5.74) is -0.124. The lowest BCUT2D eigenvalue weighted by Gasteiger charge is -2.22. The SMILES string of the molecule is O=C(OCC(F)(F)C(F)C(F)(F)F)c1ccccc1. The summed E-state index contributed by atoms with van der Waals surface area (Å²) in [5.74, 6) is -6.09. The highest BCUT2D eigenvalue weighted by Gasteiger charge is 2.57. The van der Waals surface area contributed by atoms with Gasteiger partial charge in [0, 0.05) is 0 Å². The van der Waals surface area contributed by atoms with E-state index >= 15 is 0 Å². The maximum atomic E-state index is 12.8. The van der Waals surface area contributed by atoms with E-state index in [4.69, 9.17) is 0 Å². The minimum Gasteiger partial charge on any atom is -0.456 e. The van der Waals surface area contributed by atoms with E-state index in [1.54, 1.807) is 0 Å². The molecule has 2 nitrogen and oxygen atoms in total. The molecule has 0 fully saturated rings. The lowest BCUT2D eigenvalue weighted by Crippen LogP contribution is -2.45. The second-order valence-corrected chi connectivity index (χ2v) is 3.61. The Hall–Kier alpha value is -1.73. The number of esters is 1. The van der Waals surface area contributed by atoms with Crippen molar-refractivity contribution >= 4 is 5.97 Å². The van der Waals surface area contributed by atoms with E-state index in [2.05, 4.69) is 4.74 Å². The summed E-state index contributed by atoms with van der Waals surface area (Å²) < 4.78 is 77.5. The highest BCUT2D eigenvalue weighted by atomic mass is 19.4. The first-order valence-corrected chi connectivity index (χ1v) is 4.95. The van der Waals surface area contributed by atoms with Crippen LogP contribution in [0.5, 0.6) is 0 Å². The lowest BCUT2D eigenvalue weighted by atomic mass is 10.2. The van der Waals surface area contributed by atoms with E-state index in [9.17, 15) is 31.1 Å². The normalized spacial score (nSPS) is 14.0. The molecular formula is C11H8F6O2. The number of carbonyl (C=O) groups excluding carboxylic acids is 1. The molecule has 106 valence electrons. The van der Waals surface area contributed by atoms with Crippen LogP contribution in [0.1, 0.15) is 10.4 Å². The number of benzene rings is 1. The Kier molecular flexibility index (Phi) is 4.43. The molecule has 0 heterocycles. The van der Waals surface area contributed by atoms with Crippen molar-refractivity contribution in [3.8, 4) is 0 Å². The fraction of sp³-hybridized carbons (Fsp3) is 0.364. The maximum absolute atomic E-state index is 12.8. The lowest BCUT2D eigenvalue weighted by molar-refractivity contribution is -0.251. The van der Waals surface area contributed by atoms with Gasteiger partial charge in [-0.3, -0.25) is 0 Å². The van der Waals surface area contributed by atoms with Gasteiger partial charge in [-0.15, -0.1) is 0 Å². The van der Waals surface area contributed by atoms with Gasteiger partial charge in [0.25, 0.3) is 6.17 Å². The predicted octanol–water partition coefficient (Wildman–Crippen LogP) is 3.38. The zero-order valence-electron chi connectivity index (χ0n) is 9.26. The Morgan fingerprint density at radius 3 is 2.11 bits per heavy atom. The van der Waals surface area contributed by atoms with Crippen molar-refractivity contribution < 1.29 is 35.9 Å². The average molecular weight is 286 g/mol. The Labute approximate surface area is 104 Å². The van der Waals surface area contributed by atoms with Crippen LogP contribution in [-0.2, 0) is 4.74 Å². The summed E-state index contributed by atoms with van der Waals surface area (Å²) in [6, 6.07) is 6.78. The monoisotopic (exact) mass is 286 g/mol. The van der Waals surface area contributed by atoms with Crippen LogP contribution in [0, 0.1) is 0 Å². The van der Waals surface area contributed by atoms with Gasteiger partial charge < -0.3 is 4.74 Å². The minimum atomic E-state index is -5.72. The number of alkyl halides is 6. The fourth-order valence-electron chi connectivity index (χ4n) is 1.13. The molecule has 0 saturated carbocycles. The summed E-state index contributed by atoms with van der Waals surface area (Å²) >= 11 is 0. The molecule has 0 saturated heterocycles. The van der Waals surface area contributed by atoms with Crippen LogP contribution in [0.3, 0.4) is 0 Å². The maximum Gasteiger partial charge on any atom is 0.425 e. The van der Waals surface area contributed by atoms with Gasteiger partial charge in [-0.2, -0.15) is 22.0 Å². The quantitative estimate of drug-likeness (QED) is 0.626. The Morgan fingerprint density at radius 1 is 1.11 bits per heavy atom. The van der Waals surface area contributed by atoms with Crippen molar-refractivity contribution in [1.29, 1.82) is 0 Å². The molecule has 0 aliphatic rings. The van der Waals surface area contributed by atoms with Crippen LogP contribution in [0.4, 0.5) is 26.3 Å². The Balaban J connectivity index is 2.64. The van der Waals surface area contributed by atoms with E-state index < -0.39 is 30.8 Å². The topological polar surface area (TPSA) is 26.3 Å². The third-order valence-corrected chi connectivity index (χ3v) is 2.06. The third kappa shape index (κ3) is 4.15. The number of halogens is 6. The van der Waals surface area contributed by atoms with Gasteiger partial charge in [-0.05, 0) is 12.1 Å². The summed E-state index contributed by atoms with van der Waals surface area (Å²) in [6.45, 7) is -1.98. The summed E-state index contributed by atoms with van der Waals surface area (Å²) in [7, 11) is 0. The van der Waals surface area contributed by atoms with Crippen LogP contribution in [0.2, 0.25) is 0 Å². The summed E-state index contributed by atoms with van der Waals surface area (Å²) in [4.78, 5) is 11.2. The average Bonchev–Trinajstić information content (AvgIpc) is 2.35. The minimum absolute atomic E-state index is 0.124. The fourth-order valence-corrected chi connectivity index (χ4v) is 1.13. The zero-order chi connectivity index (χ0) is 14.7. The van der Waals surface area contributed by atoms with Crippen LogP contribution < -0.4 is 0 Å². The van der Waals surface area contributed by atoms with Gasteiger partial charge in [0.2, 0.25) is 0 Å². The van der Waals surface area contributed by atoms with Crippen molar-refractivity contribution in [2.24, 2.45) is 0 Å². The smallest absolute Gasteiger partial charge is 0.425 e. The number of hydrogen-bond acceptors (Lipinski definition) is 2. The molecular weight excluding hydrogens is 278 g/mol. The first-order chi connectivity index (χ1) is 8.64. The van der Waals surface area contributed by atoms with E-state index in [0.717, 1.165) is 0 Å². The standard InChI is InChI=1S/C11H8F6O2/c12-9(11(15,16)17)10(13,14)6-19-8(18)7-4-2-1-3-5-7/h1-5,9H,6H2. The van der Waals surface area contributed by atoms with E-state index in [-0.39, 0.29) is 5.56 Å². The molecule has 0 N–H and O–H groups in total. The highest BCUT2D eigenvalue weighted by molar-refractivity contribution is 5.89. The Bertz CT molecular complexity index is 429. The van der Waals surface area contributed by atoms with Gasteiger partial charge >= 0.3 is 18.1 Å². The van der Waals surface area contributed by atoms with E-state index in [1.807, 2.05) is 0 Å². The second kappa shape index (κ2) is 5.50. The van der Waals surface area contributed by atoms with Gasteiger partial charge in [0.15, 0.2) is 6.61 Å². The molecule has 1 aromatic rings. The van der Waals surface area contributed by atoms with Crippen molar-refractivity contribution in [3.05, 3.63) is 35.9 Å². The molecule has 0 aromatic heterocycles. The first kappa shape index (κ1) is 15.3. The molecule has 1 rings (SSSR count). The van der Waals surface area contributed by atoms with Crippen molar-refractivity contribution in [1.82, 2.24) is 0 Å². The molecule has 8 heteroatoms.